The maximum Gasteiger partial charge on any atom is 0.181 e. The number of aromatic nitrogens is 1. The van der Waals surface area contributed by atoms with Gasteiger partial charge in [0, 0.05) is 0 Å². The van der Waals surface area contributed by atoms with Crippen molar-refractivity contribution in [1.29, 1.82) is 5.26 Å². The summed E-state index contributed by atoms with van der Waals surface area (Å²) in [5.74, 6) is 0.460. The minimum Gasteiger partial charge on any atom is -0.375 e. The Labute approximate surface area is 66.9 Å². The van der Waals surface area contributed by atoms with Crippen molar-refractivity contribution in [2.24, 2.45) is 0 Å². The summed E-state index contributed by atoms with van der Waals surface area (Å²) < 4.78 is 0.999. The van der Waals surface area contributed by atoms with Gasteiger partial charge in [-0.25, -0.2) is 4.98 Å². The molecule has 1 rings (SSSR count). The summed E-state index contributed by atoms with van der Waals surface area (Å²) in [5.41, 5.74) is 5.36. The van der Waals surface area contributed by atoms with Crippen molar-refractivity contribution in [1.82, 2.24) is 4.98 Å². The van der Waals surface area contributed by atoms with Crippen molar-refractivity contribution < 1.29 is 0 Å². The molecular formula is C5H5N3S2. The molecule has 3 nitrogen and oxygen atoms in total. The number of rotatable bonds is 2. The first-order valence-electron chi connectivity index (χ1n) is 2.54. The second kappa shape index (κ2) is 3.44. The lowest BCUT2D eigenvalue weighted by atomic mass is 10.9. The number of nitriles is 1. The van der Waals surface area contributed by atoms with Crippen LogP contribution in [0.5, 0.6) is 0 Å². The number of thioether (sulfide) groups is 1. The maximum absolute atomic E-state index is 8.22. The van der Waals surface area contributed by atoms with Crippen LogP contribution in [0.3, 0.4) is 0 Å². The van der Waals surface area contributed by atoms with Gasteiger partial charge in [0.25, 0.3) is 0 Å². The third-order valence-electron chi connectivity index (χ3n) is 0.781. The molecule has 1 heterocycles. The summed E-state index contributed by atoms with van der Waals surface area (Å²) in [4.78, 5) is 3.84. The Morgan fingerprint density at radius 1 is 1.90 bits per heavy atom. The van der Waals surface area contributed by atoms with Gasteiger partial charge in [0.05, 0.1) is 22.2 Å². The lowest BCUT2D eigenvalue weighted by Crippen LogP contribution is -1.77. The van der Waals surface area contributed by atoms with Gasteiger partial charge >= 0.3 is 0 Å². The van der Waals surface area contributed by atoms with Gasteiger partial charge in [-0.2, -0.15) is 5.26 Å². The molecule has 0 unspecified atom stereocenters. The van der Waals surface area contributed by atoms with Crippen molar-refractivity contribution in [3.05, 3.63) is 6.20 Å². The van der Waals surface area contributed by atoms with Crippen molar-refractivity contribution in [3.8, 4) is 6.07 Å². The van der Waals surface area contributed by atoms with Crippen LogP contribution in [0.1, 0.15) is 0 Å². The van der Waals surface area contributed by atoms with E-state index in [4.69, 9.17) is 11.0 Å². The predicted molar refractivity (Wildman–Crippen MR) is 42.9 cm³/mol. The van der Waals surface area contributed by atoms with Crippen LogP contribution in [-0.4, -0.2) is 10.7 Å². The monoisotopic (exact) mass is 171 g/mol. The average Bonchev–Trinajstić information content (AvgIpc) is 2.31. The van der Waals surface area contributed by atoms with Crippen molar-refractivity contribution >= 4 is 28.2 Å². The van der Waals surface area contributed by atoms with Gasteiger partial charge in [-0.3, -0.25) is 0 Å². The van der Waals surface area contributed by atoms with E-state index in [-0.39, 0.29) is 0 Å². The molecule has 0 aliphatic rings. The topological polar surface area (TPSA) is 62.7 Å². The van der Waals surface area contributed by atoms with E-state index < -0.39 is 0 Å². The van der Waals surface area contributed by atoms with Gasteiger partial charge in [-0.1, -0.05) is 23.1 Å². The summed E-state index contributed by atoms with van der Waals surface area (Å²) in [6.45, 7) is 0. The van der Waals surface area contributed by atoms with Crippen LogP contribution < -0.4 is 5.73 Å². The van der Waals surface area contributed by atoms with Gasteiger partial charge in [-0.15, -0.1) is 0 Å². The van der Waals surface area contributed by atoms with E-state index >= 15 is 0 Å². The van der Waals surface area contributed by atoms with Gasteiger partial charge in [0.15, 0.2) is 5.13 Å². The molecule has 0 aromatic carbocycles. The highest BCUT2D eigenvalue weighted by Gasteiger charge is 1.96. The lowest BCUT2D eigenvalue weighted by Gasteiger charge is -1.83. The summed E-state index contributed by atoms with van der Waals surface area (Å²) in [6, 6.07) is 2.03. The molecule has 5 heteroatoms. The predicted octanol–water partition coefficient (Wildman–Crippen LogP) is 1.34. The molecular weight excluding hydrogens is 166 g/mol. The van der Waals surface area contributed by atoms with Gasteiger partial charge in [0.1, 0.15) is 0 Å². The molecule has 10 heavy (non-hydrogen) atoms. The van der Waals surface area contributed by atoms with E-state index in [1.807, 2.05) is 6.07 Å². The Morgan fingerprint density at radius 3 is 3.20 bits per heavy atom. The molecule has 0 atom stereocenters. The third kappa shape index (κ3) is 1.90. The molecule has 0 spiro atoms. The molecule has 0 aliphatic heterocycles. The summed E-state index contributed by atoms with van der Waals surface area (Å²) in [7, 11) is 0. The minimum absolute atomic E-state index is 0.460. The van der Waals surface area contributed by atoms with Gasteiger partial charge in [-0.05, 0) is 0 Å². The highest BCUT2D eigenvalue weighted by Crippen LogP contribution is 2.25. The second-order valence-electron chi connectivity index (χ2n) is 1.46. The Bertz CT molecular complexity index is 250. The van der Waals surface area contributed by atoms with Crippen LogP contribution >= 0.6 is 23.1 Å². The fourth-order valence-electron chi connectivity index (χ4n) is 0.442. The van der Waals surface area contributed by atoms with E-state index in [0.717, 1.165) is 4.21 Å². The summed E-state index contributed by atoms with van der Waals surface area (Å²) in [6.07, 6.45) is 1.68. The van der Waals surface area contributed by atoms with Crippen LogP contribution in [0, 0.1) is 11.3 Å². The Morgan fingerprint density at radius 2 is 2.70 bits per heavy atom. The quantitative estimate of drug-likeness (QED) is 0.682. The Kier molecular flexibility index (Phi) is 2.54. The largest absolute Gasteiger partial charge is 0.375 e. The molecule has 0 radical (unpaired) electrons. The SMILES string of the molecule is N#CCSc1cnc(N)s1. The third-order valence-corrected chi connectivity index (χ3v) is 2.67. The molecule has 0 aliphatic carbocycles. The first-order chi connectivity index (χ1) is 4.83. The van der Waals surface area contributed by atoms with E-state index in [2.05, 4.69) is 4.98 Å². The second-order valence-corrected chi connectivity index (χ2v) is 3.80. The highest BCUT2D eigenvalue weighted by molar-refractivity contribution is 8.01. The zero-order valence-corrected chi connectivity index (χ0v) is 6.71. The number of anilines is 1. The number of nitrogen functional groups attached to an aromatic ring is 1. The number of nitrogens with zero attached hydrogens (tertiary/aromatic N) is 2. The van der Waals surface area contributed by atoms with E-state index in [0.29, 0.717) is 10.9 Å². The zero-order chi connectivity index (χ0) is 7.40. The molecule has 52 valence electrons. The lowest BCUT2D eigenvalue weighted by molar-refractivity contribution is 1.38. The highest BCUT2D eigenvalue weighted by atomic mass is 32.2. The number of hydrogen-bond acceptors (Lipinski definition) is 5. The smallest absolute Gasteiger partial charge is 0.181 e. The van der Waals surface area contributed by atoms with Crippen LogP contribution in [0.2, 0.25) is 0 Å². The van der Waals surface area contributed by atoms with E-state index in [1.54, 1.807) is 6.20 Å². The molecule has 1 aromatic heterocycles. The van der Waals surface area contributed by atoms with E-state index in [9.17, 15) is 0 Å². The van der Waals surface area contributed by atoms with Crippen molar-refractivity contribution in [2.75, 3.05) is 11.5 Å². The van der Waals surface area contributed by atoms with Crippen molar-refractivity contribution in [3.63, 3.8) is 0 Å². The molecule has 0 saturated carbocycles. The molecule has 0 amide bonds. The van der Waals surface area contributed by atoms with Crippen LogP contribution in [0.15, 0.2) is 10.4 Å². The zero-order valence-electron chi connectivity index (χ0n) is 5.07. The fourth-order valence-corrected chi connectivity index (χ4v) is 1.86. The Balaban J connectivity index is 2.52. The normalized spacial score (nSPS) is 9.10. The van der Waals surface area contributed by atoms with E-state index in [1.165, 1.54) is 23.1 Å². The summed E-state index contributed by atoms with van der Waals surface area (Å²) in [5, 5.41) is 8.77. The summed E-state index contributed by atoms with van der Waals surface area (Å²) >= 11 is 2.86. The molecule has 0 bridgehead atoms. The van der Waals surface area contributed by atoms with Gasteiger partial charge < -0.3 is 5.73 Å². The first kappa shape index (κ1) is 7.38. The van der Waals surface area contributed by atoms with Crippen LogP contribution in [0.4, 0.5) is 5.13 Å². The van der Waals surface area contributed by atoms with Crippen molar-refractivity contribution in [2.45, 2.75) is 4.21 Å². The minimum atomic E-state index is 0.460. The molecule has 1 aromatic rings. The number of hydrogen-bond donors (Lipinski definition) is 1. The fraction of sp³-hybridized carbons (Fsp3) is 0.200. The number of thiazole rings is 1. The molecule has 0 fully saturated rings. The molecule has 2 N–H and O–H groups in total. The van der Waals surface area contributed by atoms with Gasteiger partial charge in [0.2, 0.25) is 0 Å². The average molecular weight is 171 g/mol. The van der Waals surface area contributed by atoms with Crippen LogP contribution in [0.25, 0.3) is 0 Å². The standard InChI is InChI=1S/C5H5N3S2/c6-1-2-9-4-3-8-5(7)10-4/h3H,2H2,(H2,7,8). The molecule has 0 saturated heterocycles. The first-order valence-corrected chi connectivity index (χ1v) is 4.34. The number of nitrogens with two attached hydrogens (primary N) is 1. The van der Waals surface area contributed by atoms with Crippen LogP contribution in [-0.2, 0) is 0 Å². The maximum atomic E-state index is 8.22. The Hall–Kier alpha value is -0.730.